The SMILES string of the molecule is CNC(=O)c1cc(-c2ccc(C)c(C(F)(F)F)c2)ccn1. The topological polar surface area (TPSA) is 42.0 Å². The van der Waals surface area contributed by atoms with Crippen LogP contribution in [0.2, 0.25) is 0 Å². The highest BCUT2D eigenvalue weighted by Crippen LogP contribution is 2.34. The van der Waals surface area contributed by atoms with Crippen molar-refractivity contribution in [1.29, 1.82) is 0 Å². The molecule has 0 unspecified atom stereocenters. The van der Waals surface area contributed by atoms with Crippen molar-refractivity contribution in [2.24, 2.45) is 0 Å². The van der Waals surface area contributed by atoms with Crippen LogP contribution in [-0.4, -0.2) is 17.9 Å². The van der Waals surface area contributed by atoms with Gasteiger partial charge < -0.3 is 5.32 Å². The number of alkyl halides is 3. The molecule has 6 heteroatoms. The zero-order chi connectivity index (χ0) is 15.6. The summed E-state index contributed by atoms with van der Waals surface area (Å²) < 4.78 is 38.8. The van der Waals surface area contributed by atoms with E-state index in [1.807, 2.05) is 0 Å². The Morgan fingerprint density at radius 2 is 1.81 bits per heavy atom. The number of aryl methyl sites for hydroxylation is 1. The molecule has 1 aromatic heterocycles. The van der Waals surface area contributed by atoms with Gasteiger partial charge in [0.25, 0.3) is 5.91 Å². The molecular weight excluding hydrogens is 281 g/mol. The van der Waals surface area contributed by atoms with E-state index in [1.54, 1.807) is 12.1 Å². The summed E-state index contributed by atoms with van der Waals surface area (Å²) in [5, 5.41) is 2.42. The average molecular weight is 294 g/mol. The fourth-order valence-electron chi connectivity index (χ4n) is 1.97. The van der Waals surface area contributed by atoms with E-state index in [0.717, 1.165) is 6.07 Å². The molecule has 2 aromatic rings. The van der Waals surface area contributed by atoms with Crippen molar-refractivity contribution in [1.82, 2.24) is 10.3 Å². The van der Waals surface area contributed by atoms with Crippen LogP contribution in [0.4, 0.5) is 13.2 Å². The van der Waals surface area contributed by atoms with E-state index in [4.69, 9.17) is 0 Å². The van der Waals surface area contributed by atoms with Crippen LogP contribution in [0, 0.1) is 6.92 Å². The van der Waals surface area contributed by atoms with Crippen molar-refractivity contribution in [3.05, 3.63) is 53.3 Å². The molecule has 21 heavy (non-hydrogen) atoms. The van der Waals surface area contributed by atoms with Gasteiger partial charge in [-0.2, -0.15) is 13.2 Å². The molecule has 0 aliphatic carbocycles. The largest absolute Gasteiger partial charge is 0.416 e. The first-order valence-corrected chi connectivity index (χ1v) is 6.19. The number of hydrogen-bond donors (Lipinski definition) is 1. The molecule has 0 atom stereocenters. The first-order valence-electron chi connectivity index (χ1n) is 6.19. The van der Waals surface area contributed by atoms with Gasteiger partial charge in [-0.1, -0.05) is 12.1 Å². The molecule has 1 aromatic carbocycles. The summed E-state index contributed by atoms with van der Waals surface area (Å²) in [5.41, 5.74) is 0.531. The van der Waals surface area contributed by atoms with Gasteiger partial charge in [-0.25, -0.2) is 0 Å². The Bertz CT molecular complexity index is 681. The molecule has 0 fully saturated rings. The van der Waals surface area contributed by atoms with Crippen LogP contribution >= 0.6 is 0 Å². The number of aromatic nitrogens is 1. The number of amides is 1. The molecular formula is C15H13F3N2O. The Morgan fingerprint density at radius 1 is 1.14 bits per heavy atom. The lowest BCUT2D eigenvalue weighted by Gasteiger charge is -2.12. The molecule has 110 valence electrons. The lowest BCUT2D eigenvalue weighted by Crippen LogP contribution is -2.19. The van der Waals surface area contributed by atoms with Gasteiger partial charge in [0, 0.05) is 13.2 Å². The highest BCUT2D eigenvalue weighted by Gasteiger charge is 2.32. The standard InChI is InChI=1S/C15H13F3N2O/c1-9-3-4-10(7-12(9)15(16,17)18)11-5-6-20-13(8-11)14(21)19-2/h3-8H,1-2H3,(H,19,21). The minimum atomic E-state index is -4.41. The molecule has 0 saturated heterocycles. The number of nitrogens with one attached hydrogen (secondary N) is 1. The third-order valence-corrected chi connectivity index (χ3v) is 3.10. The first-order chi connectivity index (χ1) is 9.82. The molecule has 2 rings (SSSR count). The number of nitrogens with zero attached hydrogens (tertiary/aromatic N) is 1. The fraction of sp³-hybridized carbons (Fsp3) is 0.200. The van der Waals surface area contributed by atoms with Gasteiger partial charge in [-0.15, -0.1) is 0 Å². The first kappa shape index (κ1) is 15.0. The second kappa shape index (κ2) is 5.55. The van der Waals surface area contributed by atoms with E-state index in [1.165, 1.54) is 32.3 Å². The number of halogens is 3. The predicted octanol–water partition coefficient (Wildman–Crippen LogP) is 3.44. The lowest BCUT2D eigenvalue weighted by atomic mass is 9.99. The Hall–Kier alpha value is -2.37. The maximum atomic E-state index is 12.9. The zero-order valence-electron chi connectivity index (χ0n) is 11.5. The average Bonchev–Trinajstić information content (AvgIpc) is 2.46. The van der Waals surface area contributed by atoms with E-state index in [-0.39, 0.29) is 17.2 Å². The van der Waals surface area contributed by atoms with E-state index >= 15 is 0 Å². The number of carbonyl (C=O) groups is 1. The van der Waals surface area contributed by atoms with Crippen LogP contribution in [-0.2, 0) is 6.18 Å². The van der Waals surface area contributed by atoms with Crippen molar-refractivity contribution in [2.45, 2.75) is 13.1 Å². The highest BCUT2D eigenvalue weighted by molar-refractivity contribution is 5.93. The molecule has 0 aliphatic heterocycles. The van der Waals surface area contributed by atoms with Crippen molar-refractivity contribution in [3.63, 3.8) is 0 Å². The molecule has 1 N–H and O–H groups in total. The van der Waals surface area contributed by atoms with Crippen LogP contribution in [0.1, 0.15) is 21.6 Å². The Labute approximate surface area is 119 Å². The lowest BCUT2D eigenvalue weighted by molar-refractivity contribution is -0.138. The summed E-state index contributed by atoms with van der Waals surface area (Å²) in [7, 11) is 1.46. The fourth-order valence-corrected chi connectivity index (χ4v) is 1.97. The summed E-state index contributed by atoms with van der Waals surface area (Å²) in [6, 6.07) is 7.12. The molecule has 0 spiro atoms. The number of carbonyl (C=O) groups excluding carboxylic acids is 1. The van der Waals surface area contributed by atoms with Gasteiger partial charge in [0.05, 0.1) is 5.56 Å². The number of benzene rings is 1. The Morgan fingerprint density at radius 3 is 2.43 bits per heavy atom. The van der Waals surface area contributed by atoms with Crippen molar-refractivity contribution < 1.29 is 18.0 Å². The quantitative estimate of drug-likeness (QED) is 0.922. The Balaban J connectivity index is 2.50. The molecule has 0 bridgehead atoms. The van der Waals surface area contributed by atoms with Crippen molar-refractivity contribution in [3.8, 4) is 11.1 Å². The summed E-state index contributed by atoms with van der Waals surface area (Å²) in [5.74, 6) is -0.389. The number of rotatable bonds is 2. The second-order valence-electron chi connectivity index (χ2n) is 4.54. The van der Waals surface area contributed by atoms with Gasteiger partial charge in [0.1, 0.15) is 5.69 Å². The zero-order valence-corrected chi connectivity index (χ0v) is 11.5. The van der Waals surface area contributed by atoms with Crippen LogP contribution in [0.5, 0.6) is 0 Å². The molecule has 0 saturated carbocycles. The minimum absolute atomic E-state index is 0.157. The van der Waals surface area contributed by atoms with Crippen LogP contribution in [0.3, 0.4) is 0 Å². The van der Waals surface area contributed by atoms with E-state index in [9.17, 15) is 18.0 Å². The summed E-state index contributed by atoms with van der Waals surface area (Å²) in [6.45, 7) is 1.41. The van der Waals surface area contributed by atoms with Crippen molar-refractivity contribution >= 4 is 5.91 Å². The van der Waals surface area contributed by atoms with E-state index in [0.29, 0.717) is 11.1 Å². The van der Waals surface area contributed by atoms with Gasteiger partial charge in [0.2, 0.25) is 0 Å². The van der Waals surface area contributed by atoms with E-state index < -0.39 is 11.7 Å². The van der Waals surface area contributed by atoms with Crippen LogP contribution < -0.4 is 5.32 Å². The normalized spacial score (nSPS) is 11.3. The number of hydrogen-bond acceptors (Lipinski definition) is 2. The monoisotopic (exact) mass is 294 g/mol. The molecule has 0 radical (unpaired) electrons. The van der Waals surface area contributed by atoms with Gasteiger partial charge in [-0.05, 0) is 41.8 Å². The van der Waals surface area contributed by atoms with Crippen LogP contribution in [0.15, 0.2) is 36.5 Å². The summed E-state index contributed by atoms with van der Waals surface area (Å²) in [6.07, 6.45) is -3.01. The maximum Gasteiger partial charge on any atom is 0.416 e. The van der Waals surface area contributed by atoms with Crippen molar-refractivity contribution in [2.75, 3.05) is 7.05 Å². The molecule has 1 heterocycles. The summed E-state index contributed by atoms with van der Waals surface area (Å²) >= 11 is 0. The molecule has 1 amide bonds. The predicted molar refractivity (Wildman–Crippen MR) is 72.8 cm³/mol. The third-order valence-electron chi connectivity index (χ3n) is 3.10. The number of pyridine rings is 1. The maximum absolute atomic E-state index is 12.9. The summed E-state index contributed by atoms with van der Waals surface area (Å²) in [4.78, 5) is 15.4. The smallest absolute Gasteiger partial charge is 0.354 e. The van der Waals surface area contributed by atoms with Gasteiger partial charge in [0.15, 0.2) is 0 Å². The molecule has 0 aliphatic rings. The molecule has 3 nitrogen and oxygen atoms in total. The third kappa shape index (κ3) is 3.21. The minimum Gasteiger partial charge on any atom is -0.354 e. The highest BCUT2D eigenvalue weighted by atomic mass is 19.4. The van der Waals surface area contributed by atoms with E-state index in [2.05, 4.69) is 10.3 Å². The van der Waals surface area contributed by atoms with Gasteiger partial charge >= 0.3 is 6.18 Å². The Kier molecular flexibility index (Phi) is 3.97. The van der Waals surface area contributed by atoms with Crippen LogP contribution in [0.25, 0.3) is 11.1 Å². The second-order valence-corrected chi connectivity index (χ2v) is 4.54. The van der Waals surface area contributed by atoms with Gasteiger partial charge in [-0.3, -0.25) is 9.78 Å².